The Labute approximate surface area is 114 Å². The predicted octanol–water partition coefficient (Wildman–Crippen LogP) is 2.03. The van der Waals surface area contributed by atoms with Crippen LogP contribution in [0.1, 0.15) is 25.3 Å². The van der Waals surface area contributed by atoms with Gasteiger partial charge in [-0.1, -0.05) is 17.7 Å². The second kappa shape index (κ2) is 6.06. The summed E-state index contributed by atoms with van der Waals surface area (Å²) in [6.07, 6.45) is 0.911. The Kier molecular flexibility index (Phi) is 4.43. The van der Waals surface area contributed by atoms with Crippen molar-refractivity contribution in [1.82, 2.24) is 5.32 Å². The van der Waals surface area contributed by atoms with Crippen LogP contribution in [0.15, 0.2) is 24.3 Å². The number of carbonyl (C=O) groups is 1. The van der Waals surface area contributed by atoms with Crippen LogP contribution >= 0.6 is 0 Å². The number of nitrogens with one attached hydrogen (secondary N) is 1. The number of hydrogen-bond donors (Lipinski definition) is 2. The molecule has 1 fully saturated rings. The van der Waals surface area contributed by atoms with Crippen molar-refractivity contribution >= 4 is 11.7 Å². The summed E-state index contributed by atoms with van der Waals surface area (Å²) in [6.45, 7) is 6.07. The summed E-state index contributed by atoms with van der Waals surface area (Å²) in [5.41, 5.74) is 2.48. The van der Waals surface area contributed by atoms with Crippen LogP contribution in [-0.2, 0) is 4.79 Å². The van der Waals surface area contributed by atoms with E-state index in [9.17, 15) is 4.79 Å². The van der Waals surface area contributed by atoms with E-state index in [4.69, 9.17) is 5.11 Å². The lowest BCUT2D eigenvalue weighted by Gasteiger charge is -2.39. The third-order valence-electron chi connectivity index (χ3n) is 3.56. The largest absolute Gasteiger partial charge is 0.481 e. The molecule has 2 atom stereocenters. The zero-order chi connectivity index (χ0) is 13.8. The van der Waals surface area contributed by atoms with Crippen molar-refractivity contribution in [2.45, 2.75) is 38.8 Å². The lowest BCUT2D eigenvalue weighted by molar-refractivity contribution is -0.137. The van der Waals surface area contributed by atoms with E-state index in [0.717, 1.165) is 13.1 Å². The SMILES string of the molecule is Cc1ccc(N2CC(C)NC(CCC(=O)O)C2)cc1. The molecule has 0 spiro atoms. The van der Waals surface area contributed by atoms with Crippen molar-refractivity contribution < 1.29 is 9.90 Å². The first-order valence-electron chi connectivity index (χ1n) is 6.84. The number of rotatable bonds is 4. The Morgan fingerprint density at radius 1 is 1.37 bits per heavy atom. The normalized spacial score (nSPS) is 23.4. The minimum Gasteiger partial charge on any atom is -0.481 e. The molecule has 2 rings (SSSR count). The average Bonchev–Trinajstić information content (AvgIpc) is 2.36. The Morgan fingerprint density at radius 2 is 2.05 bits per heavy atom. The van der Waals surface area contributed by atoms with Crippen molar-refractivity contribution in [3.05, 3.63) is 29.8 Å². The first kappa shape index (κ1) is 13.9. The second-order valence-corrected chi connectivity index (χ2v) is 5.44. The number of nitrogens with zero attached hydrogens (tertiary/aromatic N) is 1. The quantitative estimate of drug-likeness (QED) is 0.871. The van der Waals surface area contributed by atoms with E-state index in [1.54, 1.807) is 0 Å². The zero-order valence-electron chi connectivity index (χ0n) is 11.6. The minimum atomic E-state index is -0.720. The van der Waals surface area contributed by atoms with Crippen LogP contribution < -0.4 is 10.2 Å². The van der Waals surface area contributed by atoms with Crippen LogP contribution in [0.5, 0.6) is 0 Å². The van der Waals surface area contributed by atoms with Crippen molar-refractivity contribution in [3.8, 4) is 0 Å². The lowest BCUT2D eigenvalue weighted by Crippen LogP contribution is -2.55. The molecule has 0 saturated carbocycles. The van der Waals surface area contributed by atoms with Gasteiger partial charge in [-0.25, -0.2) is 0 Å². The van der Waals surface area contributed by atoms with E-state index >= 15 is 0 Å². The summed E-state index contributed by atoms with van der Waals surface area (Å²) in [5.74, 6) is -0.720. The molecule has 1 aromatic carbocycles. The number of carboxylic acid groups (broad SMARTS) is 1. The van der Waals surface area contributed by atoms with Crippen molar-refractivity contribution in [3.63, 3.8) is 0 Å². The van der Waals surface area contributed by atoms with Crippen LogP contribution in [0, 0.1) is 6.92 Å². The highest BCUT2D eigenvalue weighted by Crippen LogP contribution is 2.19. The van der Waals surface area contributed by atoms with Crippen molar-refractivity contribution in [2.75, 3.05) is 18.0 Å². The summed E-state index contributed by atoms with van der Waals surface area (Å²) in [6, 6.07) is 9.15. The summed E-state index contributed by atoms with van der Waals surface area (Å²) in [7, 11) is 0. The van der Waals surface area contributed by atoms with Crippen molar-refractivity contribution in [1.29, 1.82) is 0 Å². The number of aliphatic carboxylic acids is 1. The number of carboxylic acids is 1. The van der Waals surface area contributed by atoms with Crippen LogP contribution in [0.2, 0.25) is 0 Å². The summed E-state index contributed by atoms with van der Waals surface area (Å²) in [5, 5.41) is 12.3. The zero-order valence-corrected chi connectivity index (χ0v) is 11.6. The summed E-state index contributed by atoms with van der Waals surface area (Å²) in [4.78, 5) is 13.0. The second-order valence-electron chi connectivity index (χ2n) is 5.44. The molecule has 4 heteroatoms. The molecule has 104 valence electrons. The van der Waals surface area contributed by atoms with E-state index in [1.165, 1.54) is 11.3 Å². The van der Waals surface area contributed by atoms with E-state index in [-0.39, 0.29) is 12.5 Å². The van der Waals surface area contributed by atoms with Gasteiger partial charge in [-0.3, -0.25) is 4.79 Å². The molecule has 1 aliphatic heterocycles. The molecular formula is C15H22N2O2. The van der Waals surface area contributed by atoms with Gasteiger partial charge in [0.2, 0.25) is 0 Å². The van der Waals surface area contributed by atoms with Gasteiger partial charge in [-0.05, 0) is 32.4 Å². The highest BCUT2D eigenvalue weighted by molar-refractivity contribution is 5.66. The van der Waals surface area contributed by atoms with E-state index in [1.807, 2.05) is 0 Å². The Hall–Kier alpha value is -1.55. The maximum absolute atomic E-state index is 10.7. The van der Waals surface area contributed by atoms with Gasteiger partial charge in [-0.15, -0.1) is 0 Å². The number of hydrogen-bond acceptors (Lipinski definition) is 3. The van der Waals surface area contributed by atoms with Gasteiger partial charge in [0.25, 0.3) is 0 Å². The van der Waals surface area contributed by atoms with Crippen LogP contribution in [0.3, 0.4) is 0 Å². The fourth-order valence-corrected chi connectivity index (χ4v) is 2.62. The first-order chi connectivity index (χ1) is 9.04. The number of anilines is 1. The molecule has 0 bridgehead atoms. The lowest BCUT2D eigenvalue weighted by atomic mass is 10.0. The van der Waals surface area contributed by atoms with Crippen LogP contribution in [0.25, 0.3) is 0 Å². The van der Waals surface area contributed by atoms with Gasteiger partial charge in [0.15, 0.2) is 0 Å². The number of aryl methyl sites for hydroxylation is 1. The monoisotopic (exact) mass is 262 g/mol. The molecule has 1 heterocycles. The summed E-state index contributed by atoms with van der Waals surface area (Å²) >= 11 is 0. The highest BCUT2D eigenvalue weighted by atomic mass is 16.4. The van der Waals surface area contributed by atoms with Gasteiger partial charge >= 0.3 is 5.97 Å². The van der Waals surface area contributed by atoms with Crippen LogP contribution in [-0.4, -0.2) is 36.2 Å². The van der Waals surface area contributed by atoms with Gasteiger partial charge in [0.05, 0.1) is 0 Å². The molecule has 1 aliphatic rings. The Balaban J connectivity index is 2.00. The maximum atomic E-state index is 10.7. The van der Waals surface area contributed by atoms with Crippen molar-refractivity contribution in [2.24, 2.45) is 0 Å². The van der Waals surface area contributed by atoms with Crippen LogP contribution in [0.4, 0.5) is 5.69 Å². The van der Waals surface area contributed by atoms with Gasteiger partial charge < -0.3 is 15.3 Å². The Morgan fingerprint density at radius 3 is 2.68 bits per heavy atom. The fraction of sp³-hybridized carbons (Fsp3) is 0.533. The molecular weight excluding hydrogens is 240 g/mol. The fourth-order valence-electron chi connectivity index (χ4n) is 2.62. The molecule has 0 aromatic heterocycles. The predicted molar refractivity (Wildman–Crippen MR) is 76.6 cm³/mol. The number of piperazine rings is 1. The third kappa shape index (κ3) is 3.96. The Bertz CT molecular complexity index is 430. The number of benzene rings is 1. The van der Waals surface area contributed by atoms with E-state index in [2.05, 4.69) is 48.3 Å². The highest BCUT2D eigenvalue weighted by Gasteiger charge is 2.24. The molecule has 0 amide bonds. The van der Waals surface area contributed by atoms with E-state index < -0.39 is 5.97 Å². The minimum absolute atomic E-state index is 0.228. The third-order valence-corrected chi connectivity index (χ3v) is 3.56. The smallest absolute Gasteiger partial charge is 0.303 e. The molecule has 1 saturated heterocycles. The average molecular weight is 262 g/mol. The standard InChI is InChI=1S/C15H22N2O2/c1-11-3-6-14(7-4-11)17-9-12(2)16-13(10-17)5-8-15(18)19/h3-4,6-7,12-13,16H,5,8-10H2,1-2H3,(H,18,19). The molecule has 1 aromatic rings. The van der Waals surface area contributed by atoms with Gasteiger partial charge in [-0.2, -0.15) is 0 Å². The molecule has 2 N–H and O–H groups in total. The topological polar surface area (TPSA) is 52.6 Å². The maximum Gasteiger partial charge on any atom is 0.303 e. The molecule has 0 aliphatic carbocycles. The first-order valence-corrected chi connectivity index (χ1v) is 6.84. The van der Waals surface area contributed by atoms with Gasteiger partial charge in [0, 0.05) is 37.3 Å². The summed E-state index contributed by atoms with van der Waals surface area (Å²) < 4.78 is 0. The molecule has 4 nitrogen and oxygen atoms in total. The van der Waals surface area contributed by atoms with E-state index in [0.29, 0.717) is 12.5 Å². The van der Waals surface area contributed by atoms with Gasteiger partial charge in [0.1, 0.15) is 0 Å². The molecule has 0 radical (unpaired) electrons. The molecule has 19 heavy (non-hydrogen) atoms. The molecule has 2 unspecified atom stereocenters.